The van der Waals surface area contributed by atoms with Gasteiger partial charge in [0, 0.05) is 5.69 Å². The van der Waals surface area contributed by atoms with Crippen molar-refractivity contribution in [1.29, 1.82) is 0 Å². The van der Waals surface area contributed by atoms with Crippen LogP contribution in [-0.4, -0.2) is 17.1 Å². The Morgan fingerprint density at radius 2 is 1.88 bits per heavy atom. The minimum Gasteiger partial charge on any atom is -0.392 e. The minimum atomic E-state index is -0.359. The molecule has 2 rings (SSSR count). The standard InChI is InChI=1S/C20H26N2O2/c1-3-8-19(17-10-5-4-6-11-17)22-20(24)15(2)21-18-12-7-9-16(13-18)14-23/h4-7,9-13,15,19,21,23H,3,8,14H2,1-2H3,(H,22,24). The Balaban J connectivity index is 2.00. The molecule has 0 aromatic heterocycles. The number of aliphatic hydroxyl groups excluding tert-OH is 1. The second-order valence-electron chi connectivity index (χ2n) is 5.99. The van der Waals surface area contributed by atoms with Gasteiger partial charge in [-0.15, -0.1) is 0 Å². The van der Waals surface area contributed by atoms with Crippen LogP contribution in [0.1, 0.15) is 43.9 Å². The zero-order valence-corrected chi connectivity index (χ0v) is 14.3. The van der Waals surface area contributed by atoms with Crippen molar-refractivity contribution < 1.29 is 9.90 Å². The topological polar surface area (TPSA) is 61.4 Å². The van der Waals surface area contributed by atoms with Crippen molar-refractivity contribution in [3.63, 3.8) is 0 Å². The third-order valence-electron chi connectivity index (χ3n) is 3.98. The van der Waals surface area contributed by atoms with Crippen LogP contribution < -0.4 is 10.6 Å². The number of benzene rings is 2. The summed E-state index contributed by atoms with van der Waals surface area (Å²) in [6.45, 7) is 3.95. The van der Waals surface area contributed by atoms with E-state index in [0.717, 1.165) is 29.7 Å². The second kappa shape index (κ2) is 9.08. The van der Waals surface area contributed by atoms with E-state index in [0.29, 0.717) is 0 Å². The van der Waals surface area contributed by atoms with Gasteiger partial charge in [-0.2, -0.15) is 0 Å². The summed E-state index contributed by atoms with van der Waals surface area (Å²) in [6, 6.07) is 17.2. The minimum absolute atomic E-state index is 0.0112. The van der Waals surface area contributed by atoms with Crippen LogP contribution in [0.5, 0.6) is 0 Å². The van der Waals surface area contributed by atoms with Crippen LogP contribution in [0.2, 0.25) is 0 Å². The quantitative estimate of drug-likeness (QED) is 0.694. The molecule has 0 aliphatic carbocycles. The van der Waals surface area contributed by atoms with Crippen molar-refractivity contribution in [3.8, 4) is 0 Å². The fraction of sp³-hybridized carbons (Fsp3) is 0.350. The van der Waals surface area contributed by atoms with E-state index in [4.69, 9.17) is 0 Å². The van der Waals surface area contributed by atoms with Crippen LogP contribution in [0.15, 0.2) is 54.6 Å². The van der Waals surface area contributed by atoms with Crippen LogP contribution in [0.25, 0.3) is 0 Å². The van der Waals surface area contributed by atoms with E-state index in [2.05, 4.69) is 17.6 Å². The third kappa shape index (κ3) is 5.10. The van der Waals surface area contributed by atoms with Crippen molar-refractivity contribution in [1.82, 2.24) is 5.32 Å². The van der Waals surface area contributed by atoms with Crippen LogP contribution >= 0.6 is 0 Å². The second-order valence-corrected chi connectivity index (χ2v) is 5.99. The fourth-order valence-corrected chi connectivity index (χ4v) is 2.67. The van der Waals surface area contributed by atoms with Gasteiger partial charge in [0.05, 0.1) is 12.6 Å². The smallest absolute Gasteiger partial charge is 0.242 e. The lowest BCUT2D eigenvalue weighted by atomic mass is 10.0. The lowest BCUT2D eigenvalue weighted by molar-refractivity contribution is -0.122. The zero-order valence-electron chi connectivity index (χ0n) is 14.3. The van der Waals surface area contributed by atoms with Gasteiger partial charge in [-0.05, 0) is 36.6 Å². The van der Waals surface area contributed by atoms with E-state index < -0.39 is 0 Å². The van der Waals surface area contributed by atoms with E-state index in [-0.39, 0.29) is 24.6 Å². The summed E-state index contributed by atoms with van der Waals surface area (Å²) in [4.78, 5) is 12.5. The van der Waals surface area contributed by atoms with Gasteiger partial charge in [0.15, 0.2) is 0 Å². The van der Waals surface area contributed by atoms with E-state index in [1.165, 1.54) is 0 Å². The Morgan fingerprint density at radius 3 is 2.54 bits per heavy atom. The number of carbonyl (C=O) groups excluding carboxylic acids is 1. The molecule has 24 heavy (non-hydrogen) atoms. The van der Waals surface area contributed by atoms with E-state index in [1.54, 1.807) is 0 Å². The third-order valence-corrected chi connectivity index (χ3v) is 3.98. The SMILES string of the molecule is CCCC(NC(=O)C(C)Nc1cccc(CO)c1)c1ccccc1. The highest BCUT2D eigenvalue weighted by molar-refractivity contribution is 5.84. The van der Waals surface area contributed by atoms with Crippen molar-refractivity contribution >= 4 is 11.6 Å². The number of anilines is 1. The summed E-state index contributed by atoms with van der Waals surface area (Å²) < 4.78 is 0. The molecular formula is C20H26N2O2. The first-order chi connectivity index (χ1) is 11.6. The molecule has 0 heterocycles. The predicted molar refractivity (Wildman–Crippen MR) is 97.7 cm³/mol. The van der Waals surface area contributed by atoms with Crippen molar-refractivity contribution in [3.05, 3.63) is 65.7 Å². The molecule has 2 atom stereocenters. The van der Waals surface area contributed by atoms with E-state index in [9.17, 15) is 9.90 Å². The maximum absolute atomic E-state index is 12.5. The molecular weight excluding hydrogens is 300 g/mol. The normalized spacial score (nSPS) is 13.1. The highest BCUT2D eigenvalue weighted by atomic mass is 16.3. The number of hydrogen-bond donors (Lipinski definition) is 3. The average Bonchev–Trinajstić information content (AvgIpc) is 2.62. The number of carbonyl (C=O) groups is 1. The fourth-order valence-electron chi connectivity index (χ4n) is 2.67. The van der Waals surface area contributed by atoms with E-state index in [1.807, 2.05) is 61.5 Å². The molecule has 0 radical (unpaired) electrons. The summed E-state index contributed by atoms with van der Waals surface area (Å²) in [7, 11) is 0. The first-order valence-corrected chi connectivity index (χ1v) is 8.45. The zero-order chi connectivity index (χ0) is 17.4. The Bertz CT molecular complexity index is 643. The van der Waals surface area contributed by atoms with Gasteiger partial charge < -0.3 is 15.7 Å². The lowest BCUT2D eigenvalue weighted by Crippen LogP contribution is -2.39. The Kier molecular flexibility index (Phi) is 6.82. The van der Waals surface area contributed by atoms with Crippen LogP contribution in [0.3, 0.4) is 0 Å². The molecule has 0 aliphatic rings. The van der Waals surface area contributed by atoms with Crippen LogP contribution in [0, 0.1) is 0 Å². The number of aliphatic hydroxyl groups is 1. The summed E-state index contributed by atoms with van der Waals surface area (Å²) in [5.74, 6) is -0.0355. The molecule has 2 aromatic rings. The molecule has 0 bridgehead atoms. The maximum atomic E-state index is 12.5. The predicted octanol–water partition coefficient (Wildman–Crippen LogP) is 3.64. The first kappa shape index (κ1) is 18.0. The molecule has 0 saturated carbocycles. The van der Waals surface area contributed by atoms with Crippen LogP contribution in [-0.2, 0) is 11.4 Å². The summed E-state index contributed by atoms with van der Waals surface area (Å²) in [6.07, 6.45) is 1.91. The average molecular weight is 326 g/mol. The van der Waals surface area contributed by atoms with Gasteiger partial charge in [-0.3, -0.25) is 4.79 Å². The van der Waals surface area contributed by atoms with Crippen molar-refractivity contribution in [2.24, 2.45) is 0 Å². The van der Waals surface area contributed by atoms with Crippen LogP contribution in [0.4, 0.5) is 5.69 Å². The summed E-state index contributed by atoms with van der Waals surface area (Å²) in [5.41, 5.74) is 2.78. The van der Waals surface area contributed by atoms with Crippen molar-refractivity contribution in [2.45, 2.75) is 45.4 Å². The van der Waals surface area contributed by atoms with Gasteiger partial charge >= 0.3 is 0 Å². The molecule has 4 heteroatoms. The first-order valence-electron chi connectivity index (χ1n) is 8.45. The van der Waals surface area contributed by atoms with E-state index >= 15 is 0 Å². The molecule has 0 fully saturated rings. The maximum Gasteiger partial charge on any atom is 0.242 e. The molecule has 4 nitrogen and oxygen atoms in total. The molecule has 2 aromatic carbocycles. The monoisotopic (exact) mass is 326 g/mol. The van der Waals surface area contributed by atoms with Crippen molar-refractivity contribution in [2.75, 3.05) is 5.32 Å². The molecule has 3 N–H and O–H groups in total. The van der Waals surface area contributed by atoms with Gasteiger partial charge in [0.1, 0.15) is 6.04 Å². The molecule has 2 unspecified atom stereocenters. The highest BCUT2D eigenvalue weighted by Gasteiger charge is 2.18. The molecule has 1 amide bonds. The molecule has 0 saturated heterocycles. The largest absolute Gasteiger partial charge is 0.392 e. The number of nitrogens with one attached hydrogen (secondary N) is 2. The highest BCUT2D eigenvalue weighted by Crippen LogP contribution is 2.19. The molecule has 0 spiro atoms. The van der Waals surface area contributed by atoms with Gasteiger partial charge in [0.25, 0.3) is 0 Å². The Hall–Kier alpha value is -2.33. The van der Waals surface area contributed by atoms with Gasteiger partial charge in [-0.1, -0.05) is 55.8 Å². The molecule has 128 valence electrons. The summed E-state index contributed by atoms with van der Waals surface area (Å²) >= 11 is 0. The van der Waals surface area contributed by atoms with Gasteiger partial charge in [-0.25, -0.2) is 0 Å². The lowest BCUT2D eigenvalue weighted by Gasteiger charge is -2.22. The summed E-state index contributed by atoms with van der Waals surface area (Å²) in [5, 5.41) is 15.5. The molecule has 0 aliphatic heterocycles. The Labute approximate surface area is 143 Å². The van der Waals surface area contributed by atoms with Gasteiger partial charge in [0.2, 0.25) is 5.91 Å². The number of amides is 1. The Morgan fingerprint density at radius 1 is 1.12 bits per heavy atom. The number of hydrogen-bond acceptors (Lipinski definition) is 3. The number of rotatable bonds is 8.